The molecule has 3 N–H and O–H groups in total. The highest BCUT2D eigenvalue weighted by Crippen LogP contribution is 2.33. The van der Waals surface area contributed by atoms with Gasteiger partial charge in [-0.05, 0) is 20.3 Å². The number of hydrogen-bond donors (Lipinski definition) is 2. The lowest BCUT2D eigenvalue weighted by Crippen LogP contribution is -2.36. The fourth-order valence-corrected chi connectivity index (χ4v) is 4.47. The Labute approximate surface area is 118 Å². The molecule has 1 fully saturated rings. The molecule has 7 heteroatoms. The summed E-state index contributed by atoms with van der Waals surface area (Å²) in [4.78, 5) is 0. The minimum Gasteiger partial charge on any atom is -0.491 e. The molecule has 1 heterocycles. The number of ether oxygens (including phenoxy) is 1. The minimum absolute atomic E-state index is 0.0424. The Hall–Kier alpha value is -1.50. The molecule has 0 spiro atoms. The van der Waals surface area contributed by atoms with Crippen molar-refractivity contribution in [2.45, 2.75) is 25.8 Å². The van der Waals surface area contributed by atoms with Crippen molar-refractivity contribution < 1.29 is 17.5 Å². The van der Waals surface area contributed by atoms with Gasteiger partial charge in [-0.3, -0.25) is 0 Å². The van der Waals surface area contributed by atoms with E-state index >= 15 is 0 Å². The van der Waals surface area contributed by atoms with Gasteiger partial charge in [0.25, 0.3) is 0 Å². The minimum atomic E-state index is -3.02. The number of nitrogen functional groups attached to an aromatic ring is 1. The van der Waals surface area contributed by atoms with Crippen molar-refractivity contribution in [3.63, 3.8) is 0 Å². The topological polar surface area (TPSA) is 81.4 Å². The van der Waals surface area contributed by atoms with Crippen molar-refractivity contribution >= 4 is 21.2 Å². The van der Waals surface area contributed by atoms with Crippen LogP contribution in [0.3, 0.4) is 0 Å². The Kier molecular flexibility index (Phi) is 3.82. The summed E-state index contributed by atoms with van der Waals surface area (Å²) in [6.45, 7) is 3.92. The molecular weight excluding hydrogens is 283 g/mol. The third kappa shape index (κ3) is 3.15. The predicted molar refractivity (Wildman–Crippen MR) is 77.3 cm³/mol. The Balaban J connectivity index is 2.27. The quantitative estimate of drug-likeness (QED) is 0.829. The van der Waals surface area contributed by atoms with Crippen LogP contribution in [0.15, 0.2) is 12.1 Å². The fraction of sp³-hybridized carbons (Fsp3) is 0.538. The Morgan fingerprint density at radius 2 is 2.20 bits per heavy atom. The van der Waals surface area contributed by atoms with Gasteiger partial charge in [0, 0.05) is 17.7 Å². The van der Waals surface area contributed by atoms with E-state index in [4.69, 9.17) is 10.5 Å². The lowest BCUT2D eigenvalue weighted by Gasteiger charge is -2.26. The molecule has 1 aliphatic rings. The second kappa shape index (κ2) is 5.12. The van der Waals surface area contributed by atoms with Crippen molar-refractivity contribution in [1.29, 1.82) is 0 Å². The van der Waals surface area contributed by atoms with Crippen LogP contribution in [0.5, 0.6) is 5.75 Å². The van der Waals surface area contributed by atoms with Gasteiger partial charge in [0.15, 0.2) is 21.4 Å². The van der Waals surface area contributed by atoms with Gasteiger partial charge in [-0.2, -0.15) is 0 Å². The van der Waals surface area contributed by atoms with E-state index in [1.54, 1.807) is 6.92 Å². The Morgan fingerprint density at radius 1 is 1.50 bits per heavy atom. The molecule has 112 valence electrons. The van der Waals surface area contributed by atoms with Gasteiger partial charge in [0.2, 0.25) is 0 Å². The molecular formula is C13H19FN2O3S. The summed E-state index contributed by atoms with van der Waals surface area (Å²) in [5.41, 5.74) is 5.92. The van der Waals surface area contributed by atoms with Crippen molar-refractivity contribution in [2.75, 3.05) is 29.2 Å². The SMILES string of the molecule is CCOc1cc(NC2(C)CCS(=O)(=O)C2)c(N)cc1F. The number of sulfone groups is 1. The monoisotopic (exact) mass is 302 g/mol. The summed E-state index contributed by atoms with van der Waals surface area (Å²) < 4.78 is 42.0. The highest BCUT2D eigenvalue weighted by Gasteiger charge is 2.38. The van der Waals surface area contributed by atoms with E-state index in [1.165, 1.54) is 12.1 Å². The van der Waals surface area contributed by atoms with Crippen LogP contribution in [-0.4, -0.2) is 32.1 Å². The first kappa shape index (κ1) is 14.9. The zero-order chi connectivity index (χ0) is 15.0. The maximum atomic E-state index is 13.6. The van der Waals surface area contributed by atoms with Crippen LogP contribution >= 0.6 is 0 Å². The van der Waals surface area contributed by atoms with Gasteiger partial charge in [-0.15, -0.1) is 0 Å². The van der Waals surface area contributed by atoms with Crippen LogP contribution in [0.2, 0.25) is 0 Å². The van der Waals surface area contributed by atoms with E-state index in [0.29, 0.717) is 18.7 Å². The van der Waals surface area contributed by atoms with E-state index in [9.17, 15) is 12.8 Å². The van der Waals surface area contributed by atoms with Crippen molar-refractivity contribution in [2.24, 2.45) is 0 Å². The molecule has 1 aromatic rings. The summed E-state index contributed by atoms with van der Waals surface area (Å²) in [5.74, 6) is -0.232. The summed E-state index contributed by atoms with van der Waals surface area (Å²) in [6, 6.07) is 2.66. The number of benzene rings is 1. The van der Waals surface area contributed by atoms with E-state index in [0.717, 1.165) is 0 Å². The number of nitrogens with one attached hydrogen (secondary N) is 1. The number of halogens is 1. The fourth-order valence-electron chi connectivity index (χ4n) is 2.38. The molecule has 1 aliphatic heterocycles. The van der Waals surface area contributed by atoms with Gasteiger partial charge in [-0.25, -0.2) is 12.8 Å². The van der Waals surface area contributed by atoms with Crippen LogP contribution in [0, 0.1) is 5.82 Å². The largest absolute Gasteiger partial charge is 0.491 e. The van der Waals surface area contributed by atoms with Crippen molar-refractivity contribution in [1.82, 2.24) is 0 Å². The molecule has 0 bridgehead atoms. The van der Waals surface area contributed by atoms with Crippen LogP contribution in [0.1, 0.15) is 20.3 Å². The van der Waals surface area contributed by atoms with Gasteiger partial charge < -0.3 is 15.8 Å². The zero-order valence-corrected chi connectivity index (χ0v) is 12.4. The molecule has 20 heavy (non-hydrogen) atoms. The first-order valence-corrected chi connectivity index (χ1v) is 8.27. The average molecular weight is 302 g/mol. The van der Waals surface area contributed by atoms with Gasteiger partial charge in [0.1, 0.15) is 0 Å². The Morgan fingerprint density at radius 3 is 2.75 bits per heavy atom. The molecule has 2 rings (SSSR count). The number of hydrogen-bond acceptors (Lipinski definition) is 5. The molecule has 0 radical (unpaired) electrons. The van der Waals surface area contributed by atoms with Crippen molar-refractivity contribution in [3.8, 4) is 5.75 Å². The molecule has 1 atom stereocenters. The normalized spacial score (nSPS) is 24.6. The standard InChI is InChI=1S/C13H19FN2O3S/c1-3-19-12-7-11(10(15)6-9(12)14)16-13(2)4-5-20(17,18)8-13/h6-7,16H,3-5,8,15H2,1-2H3. The van der Waals surface area contributed by atoms with E-state index in [-0.39, 0.29) is 22.9 Å². The summed E-state index contributed by atoms with van der Waals surface area (Å²) >= 11 is 0. The van der Waals surface area contributed by atoms with Gasteiger partial charge in [0.05, 0.1) is 29.5 Å². The molecule has 0 amide bonds. The van der Waals surface area contributed by atoms with Crippen LogP contribution in [0.25, 0.3) is 0 Å². The van der Waals surface area contributed by atoms with E-state index in [1.807, 2.05) is 6.92 Å². The molecule has 0 aromatic heterocycles. The summed E-state index contributed by atoms with van der Waals surface area (Å²) in [6.07, 6.45) is 0.496. The van der Waals surface area contributed by atoms with Crippen LogP contribution in [0.4, 0.5) is 15.8 Å². The van der Waals surface area contributed by atoms with Crippen molar-refractivity contribution in [3.05, 3.63) is 17.9 Å². The first-order chi connectivity index (χ1) is 9.25. The molecule has 5 nitrogen and oxygen atoms in total. The predicted octanol–water partition coefficient (Wildman–Crippen LogP) is 1.80. The smallest absolute Gasteiger partial charge is 0.167 e. The van der Waals surface area contributed by atoms with Gasteiger partial charge in [-0.1, -0.05) is 0 Å². The number of rotatable bonds is 4. The second-order valence-electron chi connectivity index (χ2n) is 5.33. The molecule has 0 saturated carbocycles. The zero-order valence-electron chi connectivity index (χ0n) is 11.6. The third-order valence-corrected chi connectivity index (χ3v) is 5.25. The lowest BCUT2D eigenvalue weighted by molar-refractivity contribution is 0.322. The van der Waals surface area contributed by atoms with Gasteiger partial charge >= 0.3 is 0 Å². The van der Waals surface area contributed by atoms with Crippen LogP contribution < -0.4 is 15.8 Å². The maximum Gasteiger partial charge on any atom is 0.167 e. The van der Waals surface area contributed by atoms with Crippen LogP contribution in [-0.2, 0) is 9.84 Å². The first-order valence-electron chi connectivity index (χ1n) is 6.45. The number of nitrogens with two attached hydrogens (primary N) is 1. The summed E-state index contributed by atoms with van der Waals surface area (Å²) in [5, 5.41) is 3.12. The third-order valence-electron chi connectivity index (χ3n) is 3.34. The lowest BCUT2D eigenvalue weighted by atomic mass is 10.0. The average Bonchev–Trinajstić information content (AvgIpc) is 2.60. The summed E-state index contributed by atoms with van der Waals surface area (Å²) in [7, 11) is -3.02. The van der Waals surface area contributed by atoms with E-state index in [2.05, 4.69) is 5.32 Å². The number of anilines is 2. The second-order valence-corrected chi connectivity index (χ2v) is 7.51. The van der Waals surface area contributed by atoms with E-state index < -0.39 is 21.2 Å². The maximum absolute atomic E-state index is 13.6. The molecule has 0 aliphatic carbocycles. The molecule has 1 aromatic carbocycles. The Bertz CT molecular complexity index is 618. The highest BCUT2D eigenvalue weighted by atomic mass is 32.2. The highest BCUT2D eigenvalue weighted by molar-refractivity contribution is 7.91. The molecule has 1 unspecified atom stereocenters. The molecule has 1 saturated heterocycles.